The minimum absolute atomic E-state index is 0.0132. The molecule has 0 aliphatic rings. The molecule has 1 unspecified atom stereocenters. The predicted octanol–water partition coefficient (Wildman–Crippen LogP) is 3.59. The van der Waals surface area contributed by atoms with Crippen LogP contribution >= 0.6 is 11.8 Å². The highest BCUT2D eigenvalue weighted by atomic mass is 32.2. The van der Waals surface area contributed by atoms with Crippen molar-refractivity contribution in [2.24, 2.45) is 11.7 Å². The third kappa shape index (κ3) is 6.26. The van der Waals surface area contributed by atoms with Crippen molar-refractivity contribution in [2.75, 3.05) is 12.3 Å². The molecule has 0 fully saturated rings. The lowest BCUT2D eigenvalue weighted by Gasteiger charge is -2.15. The van der Waals surface area contributed by atoms with Gasteiger partial charge in [-0.05, 0) is 43.0 Å². The summed E-state index contributed by atoms with van der Waals surface area (Å²) >= 11 is -0.0386. The molecule has 0 aliphatic heterocycles. The monoisotopic (exact) mass is 281 g/mol. The molecule has 18 heavy (non-hydrogen) atoms. The molecule has 102 valence electrons. The average molecular weight is 281 g/mol. The minimum atomic E-state index is -4.20. The summed E-state index contributed by atoms with van der Waals surface area (Å²) in [5.74, 6) is -0.407. The summed E-state index contributed by atoms with van der Waals surface area (Å²) in [4.78, 5) is 0. The van der Waals surface area contributed by atoms with Gasteiger partial charge in [0.25, 0.3) is 0 Å². The van der Waals surface area contributed by atoms with Gasteiger partial charge in [0.15, 0.2) is 0 Å². The maximum Gasteiger partial charge on any atom is 0.441 e. The van der Waals surface area contributed by atoms with E-state index in [1.807, 2.05) is 0 Å². The van der Waals surface area contributed by atoms with E-state index in [2.05, 4.69) is 0 Å². The number of nitrogens with two attached hydrogens (primary N) is 1. The van der Waals surface area contributed by atoms with Crippen molar-refractivity contribution in [2.45, 2.75) is 18.3 Å². The zero-order valence-corrected chi connectivity index (χ0v) is 10.5. The van der Waals surface area contributed by atoms with Crippen LogP contribution in [0.3, 0.4) is 0 Å². The number of hydrogen-bond donors (Lipinski definition) is 1. The molecule has 0 amide bonds. The Bertz CT molecular complexity index is 367. The highest BCUT2D eigenvalue weighted by molar-refractivity contribution is 8.00. The molecule has 1 aromatic carbocycles. The van der Waals surface area contributed by atoms with E-state index >= 15 is 0 Å². The summed E-state index contributed by atoms with van der Waals surface area (Å²) in [6.45, 7) is 0.301. The van der Waals surface area contributed by atoms with E-state index in [1.165, 1.54) is 12.1 Å². The molecule has 0 radical (unpaired) electrons. The van der Waals surface area contributed by atoms with Crippen molar-refractivity contribution in [1.82, 2.24) is 0 Å². The smallest absolute Gasteiger partial charge is 0.330 e. The topological polar surface area (TPSA) is 26.0 Å². The van der Waals surface area contributed by atoms with Crippen LogP contribution in [-0.4, -0.2) is 17.8 Å². The summed E-state index contributed by atoms with van der Waals surface area (Å²) in [7, 11) is 0. The Morgan fingerprint density at radius 1 is 1.28 bits per heavy atom. The third-order valence-electron chi connectivity index (χ3n) is 2.54. The standard InChI is InChI=1S/C12H15F4NS/c13-11-3-1-2-9(7-11)6-10(8-17)4-5-18-12(14,15)16/h1-3,7,10H,4-6,8,17H2. The molecule has 2 N–H and O–H groups in total. The van der Waals surface area contributed by atoms with Crippen molar-refractivity contribution < 1.29 is 17.6 Å². The van der Waals surface area contributed by atoms with Crippen LogP contribution in [0, 0.1) is 11.7 Å². The van der Waals surface area contributed by atoms with Crippen molar-refractivity contribution in [3.63, 3.8) is 0 Å². The number of rotatable bonds is 6. The van der Waals surface area contributed by atoms with E-state index in [9.17, 15) is 17.6 Å². The summed E-state index contributed by atoms with van der Waals surface area (Å²) in [6.07, 6.45) is 0.879. The Balaban J connectivity index is 2.42. The Hall–Kier alpha value is -0.750. The summed E-state index contributed by atoms with van der Waals surface area (Å²) in [5.41, 5.74) is 2.09. The number of thioether (sulfide) groups is 1. The van der Waals surface area contributed by atoms with E-state index < -0.39 is 5.51 Å². The first-order valence-electron chi connectivity index (χ1n) is 5.56. The van der Waals surface area contributed by atoms with Crippen LogP contribution < -0.4 is 5.73 Å². The van der Waals surface area contributed by atoms with E-state index in [-0.39, 0.29) is 29.2 Å². The van der Waals surface area contributed by atoms with Crippen molar-refractivity contribution in [3.05, 3.63) is 35.6 Å². The van der Waals surface area contributed by atoms with Crippen LogP contribution in [-0.2, 0) is 6.42 Å². The fourth-order valence-electron chi connectivity index (χ4n) is 1.64. The number of alkyl halides is 3. The SMILES string of the molecule is NCC(CCSC(F)(F)F)Cc1cccc(F)c1. The van der Waals surface area contributed by atoms with Gasteiger partial charge in [0.1, 0.15) is 5.82 Å². The lowest BCUT2D eigenvalue weighted by molar-refractivity contribution is -0.0328. The molecule has 1 aromatic rings. The van der Waals surface area contributed by atoms with Gasteiger partial charge in [-0.1, -0.05) is 23.9 Å². The maximum atomic E-state index is 12.9. The second kappa shape index (κ2) is 6.99. The number of halogens is 4. The Labute approximate surface area is 108 Å². The highest BCUT2D eigenvalue weighted by Gasteiger charge is 2.27. The van der Waals surface area contributed by atoms with E-state index in [4.69, 9.17) is 5.73 Å². The lowest BCUT2D eigenvalue weighted by atomic mass is 9.97. The Morgan fingerprint density at radius 3 is 2.56 bits per heavy atom. The molecular formula is C12H15F4NS. The van der Waals surface area contributed by atoms with Crippen LogP contribution in [0.25, 0.3) is 0 Å². The average Bonchev–Trinajstić information content (AvgIpc) is 2.26. The van der Waals surface area contributed by atoms with Crippen LogP contribution in [0.1, 0.15) is 12.0 Å². The fraction of sp³-hybridized carbons (Fsp3) is 0.500. The van der Waals surface area contributed by atoms with E-state index in [1.54, 1.807) is 12.1 Å². The molecular weight excluding hydrogens is 266 g/mol. The first-order valence-corrected chi connectivity index (χ1v) is 6.54. The van der Waals surface area contributed by atoms with Gasteiger partial charge in [-0.2, -0.15) is 13.2 Å². The predicted molar refractivity (Wildman–Crippen MR) is 65.8 cm³/mol. The van der Waals surface area contributed by atoms with Crippen molar-refractivity contribution >= 4 is 11.8 Å². The molecule has 0 saturated carbocycles. The van der Waals surface area contributed by atoms with Gasteiger partial charge >= 0.3 is 5.51 Å². The molecule has 1 rings (SSSR count). The Morgan fingerprint density at radius 2 is 2.00 bits per heavy atom. The second-order valence-corrected chi connectivity index (χ2v) is 5.18. The number of benzene rings is 1. The fourth-order valence-corrected chi connectivity index (χ4v) is 2.32. The van der Waals surface area contributed by atoms with E-state index in [0.29, 0.717) is 19.4 Å². The largest absolute Gasteiger partial charge is 0.441 e. The van der Waals surface area contributed by atoms with Gasteiger partial charge in [0.2, 0.25) is 0 Å². The molecule has 0 spiro atoms. The van der Waals surface area contributed by atoms with Gasteiger partial charge in [0.05, 0.1) is 0 Å². The first kappa shape index (κ1) is 15.3. The zero-order valence-electron chi connectivity index (χ0n) is 9.71. The van der Waals surface area contributed by atoms with Crippen molar-refractivity contribution in [3.8, 4) is 0 Å². The van der Waals surface area contributed by atoms with Gasteiger partial charge in [-0.25, -0.2) is 4.39 Å². The molecule has 0 saturated heterocycles. The normalized spacial score (nSPS) is 13.6. The van der Waals surface area contributed by atoms with Gasteiger partial charge in [-0.3, -0.25) is 0 Å². The molecule has 0 bridgehead atoms. The first-order chi connectivity index (χ1) is 8.40. The molecule has 0 aromatic heterocycles. The third-order valence-corrected chi connectivity index (χ3v) is 3.31. The van der Waals surface area contributed by atoms with E-state index in [0.717, 1.165) is 5.56 Å². The van der Waals surface area contributed by atoms with Crippen LogP contribution in [0.2, 0.25) is 0 Å². The Kier molecular flexibility index (Phi) is 5.95. The second-order valence-electron chi connectivity index (χ2n) is 4.02. The van der Waals surface area contributed by atoms with Crippen LogP contribution in [0.4, 0.5) is 17.6 Å². The summed E-state index contributed by atoms with van der Waals surface area (Å²) < 4.78 is 48.9. The maximum absolute atomic E-state index is 12.9. The van der Waals surface area contributed by atoms with Crippen LogP contribution in [0.5, 0.6) is 0 Å². The van der Waals surface area contributed by atoms with Gasteiger partial charge in [0, 0.05) is 5.75 Å². The molecule has 0 aliphatic carbocycles. The zero-order chi connectivity index (χ0) is 13.6. The minimum Gasteiger partial charge on any atom is -0.330 e. The lowest BCUT2D eigenvalue weighted by Crippen LogP contribution is -2.18. The summed E-state index contributed by atoms with van der Waals surface area (Å²) in [6, 6.07) is 6.06. The molecule has 1 nitrogen and oxygen atoms in total. The molecule has 6 heteroatoms. The molecule has 0 heterocycles. The number of hydrogen-bond acceptors (Lipinski definition) is 2. The highest BCUT2D eigenvalue weighted by Crippen LogP contribution is 2.31. The van der Waals surface area contributed by atoms with Crippen LogP contribution in [0.15, 0.2) is 24.3 Å². The molecule has 1 atom stereocenters. The summed E-state index contributed by atoms with van der Waals surface area (Å²) in [5, 5.41) is 0. The van der Waals surface area contributed by atoms with Gasteiger partial charge < -0.3 is 5.73 Å². The van der Waals surface area contributed by atoms with Gasteiger partial charge in [-0.15, -0.1) is 0 Å². The quantitative estimate of drug-likeness (QED) is 0.806. The van der Waals surface area contributed by atoms with Crippen molar-refractivity contribution in [1.29, 1.82) is 0 Å².